The molecule has 318 valence electrons. The van der Waals surface area contributed by atoms with E-state index in [0.717, 1.165) is 17.1 Å². The maximum atomic E-state index is 2.60. The van der Waals surface area contributed by atoms with Crippen LogP contribution in [0.5, 0.6) is 0 Å². The molecule has 1 heteroatoms. The lowest BCUT2D eigenvalue weighted by atomic mass is 9.61. The first kappa shape index (κ1) is 38.5. The van der Waals surface area contributed by atoms with E-state index >= 15 is 0 Å². The molecule has 1 nitrogen and oxygen atoms in total. The van der Waals surface area contributed by atoms with Gasteiger partial charge in [0.15, 0.2) is 0 Å². The highest BCUT2D eigenvalue weighted by Gasteiger charge is 2.51. The first-order valence-corrected chi connectivity index (χ1v) is 24.4. The maximum Gasteiger partial charge on any atom is 0.0726 e. The molecular weight excluding hydrogens is 807 g/mol. The summed E-state index contributed by atoms with van der Waals surface area (Å²) in [5.41, 5.74) is 22.4. The van der Waals surface area contributed by atoms with Crippen molar-refractivity contribution in [2.45, 2.75) is 48.9 Å². The van der Waals surface area contributed by atoms with E-state index in [1.54, 1.807) is 0 Å². The lowest BCUT2D eigenvalue weighted by molar-refractivity contribution is 0.443. The zero-order valence-corrected chi connectivity index (χ0v) is 37.5. The van der Waals surface area contributed by atoms with Crippen molar-refractivity contribution in [1.82, 2.24) is 0 Å². The summed E-state index contributed by atoms with van der Waals surface area (Å²) in [6, 6.07) is 87.9. The van der Waals surface area contributed by atoms with Crippen molar-refractivity contribution < 1.29 is 0 Å². The van der Waals surface area contributed by atoms with Crippen LogP contribution in [0.25, 0.3) is 44.2 Å². The lowest BCUT2D eigenvalue weighted by Gasteiger charge is -2.41. The maximum absolute atomic E-state index is 2.60. The number of hydrogen-bond donors (Lipinski definition) is 0. The van der Waals surface area contributed by atoms with Gasteiger partial charge in [-0.3, -0.25) is 0 Å². The molecule has 1 spiro atoms. The van der Waals surface area contributed by atoms with Gasteiger partial charge in [-0.05, 0) is 149 Å². The molecule has 1 atom stereocenters. The van der Waals surface area contributed by atoms with Gasteiger partial charge in [0.2, 0.25) is 0 Å². The summed E-state index contributed by atoms with van der Waals surface area (Å²) in [6.07, 6.45) is 6.56. The Hall–Kier alpha value is -7.74. The summed E-state index contributed by atoms with van der Waals surface area (Å²) in [7, 11) is 0. The van der Waals surface area contributed by atoms with Crippen LogP contribution < -0.4 is 4.90 Å². The highest BCUT2D eigenvalue weighted by molar-refractivity contribution is 6.07. The standard InChI is InChI=1S/C66H49N/c1-5-19-44(20-6-1)46-35-40-60-57(41-46)56-31-17-21-45-22-18-34-61(64(45)56)66(60)59-33-16-14-30-53(59)55-39-37-51(43-63(55)66)67(49-27-11-4-12-28-49)50-36-38-54-52-29-13-15-32-58(52)65(62(54)42-50,47-23-7-2-8-24-47)48-25-9-3-10-26-48/h2-4,7-18,21-44H,1,5-6,19-20H2. The Morgan fingerprint density at radius 2 is 0.806 bits per heavy atom. The van der Waals surface area contributed by atoms with Crippen LogP contribution in [0.15, 0.2) is 231 Å². The van der Waals surface area contributed by atoms with Crippen LogP contribution in [-0.4, -0.2) is 0 Å². The summed E-state index contributed by atoms with van der Waals surface area (Å²) in [6.45, 7) is 0. The second-order valence-corrected chi connectivity index (χ2v) is 19.3. The summed E-state index contributed by atoms with van der Waals surface area (Å²) in [5, 5.41) is 2.68. The van der Waals surface area contributed by atoms with Crippen molar-refractivity contribution in [3.63, 3.8) is 0 Å². The number of nitrogens with zero attached hydrogens (tertiary/aromatic N) is 1. The predicted octanol–water partition coefficient (Wildman–Crippen LogP) is 17.1. The molecule has 10 aromatic carbocycles. The number of para-hydroxylation sites is 1. The van der Waals surface area contributed by atoms with Crippen LogP contribution in [-0.2, 0) is 10.8 Å². The fourth-order valence-corrected chi connectivity index (χ4v) is 13.4. The molecule has 0 amide bonds. The molecule has 0 N–H and O–H groups in total. The molecule has 1 fully saturated rings. The first-order chi connectivity index (χ1) is 33.2. The molecule has 0 saturated heterocycles. The Bertz CT molecular complexity index is 3520. The van der Waals surface area contributed by atoms with E-state index in [-0.39, 0.29) is 0 Å². The van der Waals surface area contributed by atoms with Crippen molar-refractivity contribution in [2.75, 3.05) is 4.90 Å². The van der Waals surface area contributed by atoms with Gasteiger partial charge in [0.05, 0.1) is 10.8 Å². The third-order valence-electron chi connectivity index (χ3n) is 16.1. The Kier molecular flexibility index (Phi) is 8.56. The predicted molar refractivity (Wildman–Crippen MR) is 278 cm³/mol. The van der Waals surface area contributed by atoms with Crippen LogP contribution in [0.3, 0.4) is 0 Å². The van der Waals surface area contributed by atoms with Crippen molar-refractivity contribution in [2.24, 2.45) is 0 Å². The molecule has 0 heterocycles. The van der Waals surface area contributed by atoms with E-state index in [1.165, 1.54) is 126 Å². The molecule has 4 aliphatic rings. The van der Waals surface area contributed by atoms with Gasteiger partial charge >= 0.3 is 0 Å². The number of anilines is 3. The van der Waals surface area contributed by atoms with E-state index in [0.29, 0.717) is 5.92 Å². The van der Waals surface area contributed by atoms with Crippen molar-refractivity contribution >= 4 is 27.8 Å². The third-order valence-corrected chi connectivity index (χ3v) is 16.1. The van der Waals surface area contributed by atoms with Crippen LogP contribution in [0.4, 0.5) is 17.1 Å². The van der Waals surface area contributed by atoms with Gasteiger partial charge in [0.25, 0.3) is 0 Å². The second kappa shape index (κ2) is 14.9. The van der Waals surface area contributed by atoms with E-state index < -0.39 is 10.8 Å². The van der Waals surface area contributed by atoms with Crippen LogP contribution in [0.2, 0.25) is 0 Å². The van der Waals surface area contributed by atoms with Gasteiger partial charge in [-0.2, -0.15) is 0 Å². The van der Waals surface area contributed by atoms with E-state index in [2.05, 4.69) is 235 Å². The molecule has 0 radical (unpaired) electrons. The van der Waals surface area contributed by atoms with Gasteiger partial charge in [-0.25, -0.2) is 0 Å². The molecule has 0 bridgehead atoms. The minimum atomic E-state index is -0.520. The topological polar surface area (TPSA) is 3.24 Å². The Morgan fingerprint density at radius 1 is 0.313 bits per heavy atom. The first-order valence-electron chi connectivity index (χ1n) is 24.4. The minimum Gasteiger partial charge on any atom is -0.310 e. The summed E-state index contributed by atoms with van der Waals surface area (Å²) in [4.78, 5) is 2.51. The fourth-order valence-electron chi connectivity index (χ4n) is 13.4. The smallest absolute Gasteiger partial charge is 0.0726 e. The minimum absolute atomic E-state index is 0.509. The number of fused-ring (bicyclic) bond motifs is 12. The SMILES string of the molecule is c1ccc(N(c2ccc3c(c2)C(c2ccccc2)(c2ccccc2)c2ccccc2-3)c2ccc3c(c2)C2(c4ccccc4-3)c3ccc(C4CCCCC4)cc3-c3cccc4cccc2c34)cc1. The Labute approximate surface area is 393 Å². The molecule has 1 saturated carbocycles. The summed E-state index contributed by atoms with van der Waals surface area (Å²) >= 11 is 0. The normalized spacial score (nSPS) is 17.1. The van der Waals surface area contributed by atoms with E-state index in [1.807, 2.05) is 0 Å². The lowest BCUT2D eigenvalue weighted by Crippen LogP contribution is -2.32. The average molecular weight is 856 g/mol. The van der Waals surface area contributed by atoms with Crippen LogP contribution >= 0.6 is 0 Å². The Morgan fingerprint density at radius 3 is 1.45 bits per heavy atom. The van der Waals surface area contributed by atoms with E-state index in [9.17, 15) is 0 Å². The molecule has 0 aliphatic heterocycles. The van der Waals surface area contributed by atoms with Gasteiger partial charge in [0.1, 0.15) is 0 Å². The monoisotopic (exact) mass is 855 g/mol. The molecule has 4 aliphatic carbocycles. The highest BCUT2D eigenvalue weighted by Crippen LogP contribution is 2.63. The number of hydrogen-bond acceptors (Lipinski definition) is 1. The molecule has 0 aromatic heterocycles. The van der Waals surface area contributed by atoms with Crippen molar-refractivity contribution in [3.8, 4) is 33.4 Å². The molecule has 10 aromatic rings. The quantitative estimate of drug-likeness (QED) is 0.161. The number of rotatable bonds is 6. The molecule has 1 unspecified atom stereocenters. The third kappa shape index (κ3) is 5.37. The number of benzene rings is 10. The van der Waals surface area contributed by atoms with Gasteiger partial charge in [-0.1, -0.05) is 213 Å². The molecule has 14 rings (SSSR count). The van der Waals surface area contributed by atoms with E-state index in [4.69, 9.17) is 0 Å². The molecule has 67 heavy (non-hydrogen) atoms. The average Bonchev–Trinajstić information content (AvgIpc) is 3.86. The van der Waals surface area contributed by atoms with Gasteiger partial charge < -0.3 is 4.90 Å². The fraction of sp³-hybridized carbons (Fsp3) is 0.121. The summed E-state index contributed by atoms with van der Waals surface area (Å²) < 4.78 is 0. The van der Waals surface area contributed by atoms with Crippen LogP contribution in [0, 0.1) is 0 Å². The summed E-state index contributed by atoms with van der Waals surface area (Å²) in [5.74, 6) is 0.614. The largest absolute Gasteiger partial charge is 0.310 e. The zero-order valence-electron chi connectivity index (χ0n) is 37.5. The highest BCUT2D eigenvalue weighted by atomic mass is 15.1. The van der Waals surface area contributed by atoms with Crippen LogP contribution in [0.1, 0.15) is 88.1 Å². The van der Waals surface area contributed by atoms with Crippen molar-refractivity contribution in [3.05, 3.63) is 281 Å². The second-order valence-electron chi connectivity index (χ2n) is 19.3. The van der Waals surface area contributed by atoms with Gasteiger partial charge in [-0.15, -0.1) is 0 Å². The van der Waals surface area contributed by atoms with Crippen molar-refractivity contribution in [1.29, 1.82) is 0 Å². The van der Waals surface area contributed by atoms with Gasteiger partial charge in [0, 0.05) is 17.1 Å². The Balaban J connectivity index is 1.03. The molecular formula is C66H49N. The zero-order chi connectivity index (χ0) is 44.1.